The summed E-state index contributed by atoms with van der Waals surface area (Å²) < 4.78 is 52.1. The van der Waals surface area contributed by atoms with Crippen molar-refractivity contribution in [3.8, 4) is 17.4 Å². The molecule has 0 radical (unpaired) electrons. The molecule has 1 aromatic heterocycles. The van der Waals surface area contributed by atoms with Gasteiger partial charge in [-0.15, -0.1) is 10.2 Å². The van der Waals surface area contributed by atoms with Crippen molar-refractivity contribution in [1.29, 1.82) is 0 Å². The van der Waals surface area contributed by atoms with Crippen molar-refractivity contribution in [3.05, 3.63) is 70.4 Å². The van der Waals surface area contributed by atoms with Crippen molar-refractivity contribution in [2.24, 2.45) is 0 Å². The number of anilines is 1. The van der Waals surface area contributed by atoms with E-state index in [1.54, 1.807) is 20.8 Å². The van der Waals surface area contributed by atoms with Crippen LogP contribution in [0.5, 0.6) is 17.4 Å². The molecule has 2 aliphatic heterocycles. The average Bonchev–Trinajstić information content (AvgIpc) is 2.82. The van der Waals surface area contributed by atoms with Crippen molar-refractivity contribution in [2.75, 3.05) is 18.5 Å². The molecule has 204 valence electrons. The monoisotopic (exact) mass is 560 g/mol. The van der Waals surface area contributed by atoms with Crippen LogP contribution in [0, 0.1) is 11.6 Å². The lowest BCUT2D eigenvalue weighted by molar-refractivity contribution is -0.143. The van der Waals surface area contributed by atoms with Gasteiger partial charge in [-0.3, -0.25) is 10.2 Å². The summed E-state index contributed by atoms with van der Waals surface area (Å²) in [5.74, 6) is -1.69. The van der Waals surface area contributed by atoms with Crippen LogP contribution >= 0.6 is 11.6 Å². The summed E-state index contributed by atoms with van der Waals surface area (Å²) >= 11 is 5.72. The quantitative estimate of drug-likeness (QED) is 0.417. The van der Waals surface area contributed by atoms with Crippen LogP contribution in [-0.4, -0.2) is 46.1 Å². The van der Waals surface area contributed by atoms with E-state index in [0.29, 0.717) is 5.56 Å². The minimum absolute atomic E-state index is 0.0148. The smallest absolute Gasteiger partial charge is 0.416 e. The largest absolute Gasteiger partial charge is 0.444 e. The van der Waals surface area contributed by atoms with Gasteiger partial charge in [-0.2, -0.15) is 0 Å². The molecule has 0 aliphatic carbocycles. The fourth-order valence-corrected chi connectivity index (χ4v) is 4.31. The molecule has 2 amide bonds. The minimum atomic E-state index is -1.11. The zero-order valence-electron chi connectivity index (χ0n) is 21.1. The lowest BCUT2D eigenvalue weighted by Gasteiger charge is -2.51. The van der Waals surface area contributed by atoms with Gasteiger partial charge in [0.15, 0.2) is 22.5 Å². The van der Waals surface area contributed by atoms with Crippen LogP contribution in [0.4, 0.5) is 24.1 Å². The number of nitrogens with zero attached hydrogens (tertiary/aromatic N) is 3. The first-order valence-corrected chi connectivity index (χ1v) is 12.2. The van der Waals surface area contributed by atoms with Crippen LogP contribution < -0.4 is 14.8 Å². The number of rotatable bonds is 5. The van der Waals surface area contributed by atoms with Crippen LogP contribution in [0.15, 0.2) is 42.5 Å². The molecule has 0 bridgehead atoms. The molecule has 5 rings (SSSR count). The molecular weight excluding hydrogens is 538 g/mol. The molecule has 3 aromatic rings. The third kappa shape index (κ3) is 5.30. The van der Waals surface area contributed by atoms with Gasteiger partial charge < -0.3 is 18.9 Å². The van der Waals surface area contributed by atoms with Crippen molar-refractivity contribution < 1.29 is 37.3 Å². The number of halogens is 3. The maximum atomic E-state index is 15.4. The second-order valence-electron chi connectivity index (χ2n) is 9.96. The fourth-order valence-electron chi connectivity index (χ4n) is 4.21. The van der Waals surface area contributed by atoms with Crippen LogP contribution in [0.2, 0.25) is 5.15 Å². The highest BCUT2D eigenvalue weighted by molar-refractivity contribution is 6.29. The molecule has 1 N–H and O–H groups in total. The zero-order chi connectivity index (χ0) is 27.9. The Morgan fingerprint density at radius 3 is 2.59 bits per heavy atom. The predicted octanol–water partition coefficient (Wildman–Crippen LogP) is 5.79. The molecule has 2 aliphatic rings. The highest BCUT2D eigenvalue weighted by Gasteiger charge is 2.54. The van der Waals surface area contributed by atoms with Crippen molar-refractivity contribution in [3.63, 3.8) is 0 Å². The van der Waals surface area contributed by atoms with Crippen LogP contribution in [0.25, 0.3) is 0 Å². The Hall–Kier alpha value is -4.03. The molecule has 0 atom stereocenters. The first-order valence-electron chi connectivity index (χ1n) is 11.8. The predicted molar refractivity (Wildman–Crippen MR) is 134 cm³/mol. The van der Waals surface area contributed by atoms with Gasteiger partial charge in [0.25, 0.3) is 0 Å². The Morgan fingerprint density at radius 1 is 1.18 bits per heavy atom. The number of carbonyl (C=O) groups is 2. The van der Waals surface area contributed by atoms with Gasteiger partial charge in [-0.25, -0.2) is 18.4 Å². The first kappa shape index (κ1) is 26.6. The summed E-state index contributed by atoms with van der Waals surface area (Å²) in [6.45, 7) is 4.89. The van der Waals surface area contributed by atoms with Gasteiger partial charge in [0.1, 0.15) is 16.9 Å². The van der Waals surface area contributed by atoms with E-state index in [2.05, 4.69) is 15.5 Å². The Kier molecular flexibility index (Phi) is 6.77. The highest BCUT2D eigenvalue weighted by Crippen LogP contribution is 2.47. The van der Waals surface area contributed by atoms with Crippen LogP contribution in [0.3, 0.4) is 0 Å². The second kappa shape index (κ2) is 9.93. The Balaban J connectivity index is 1.42. The topological polar surface area (TPSA) is 112 Å². The summed E-state index contributed by atoms with van der Waals surface area (Å²) in [4.78, 5) is 26.6. The Morgan fingerprint density at radius 2 is 1.95 bits per heavy atom. The number of amides is 2. The van der Waals surface area contributed by atoms with Crippen molar-refractivity contribution >= 4 is 29.5 Å². The first-order chi connectivity index (χ1) is 18.4. The van der Waals surface area contributed by atoms with Crippen molar-refractivity contribution in [2.45, 2.75) is 38.5 Å². The van der Waals surface area contributed by atoms with Crippen LogP contribution in [0.1, 0.15) is 31.9 Å². The van der Waals surface area contributed by atoms with E-state index in [0.717, 1.165) is 0 Å². The van der Waals surface area contributed by atoms with Crippen LogP contribution in [-0.2, 0) is 21.6 Å². The van der Waals surface area contributed by atoms with E-state index >= 15 is 8.78 Å². The molecule has 10 nitrogen and oxygen atoms in total. The van der Waals surface area contributed by atoms with Gasteiger partial charge in [-0.1, -0.05) is 23.7 Å². The summed E-state index contributed by atoms with van der Waals surface area (Å²) in [6, 6.07) is 9.63. The van der Waals surface area contributed by atoms with Gasteiger partial charge in [0, 0.05) is 23.3 Å². The zero-order valence-corrected chi connectivity index (χ0v) is 21.8. The number of nitrogens with one attached hydrogen (secondary N) is 1. The van der Waals surface area contributed by atoms with Gasteiger partial charge in [0.05, 0.1) is 25.4 Å². The summed E-state index contributed by atoms with van der Waals surface area (Å²) in [5.41, 5.74) is -1.57. The molecule has 3 heterocycles. The fraction of sp³-hybridized carbons (Fsp3) is 0.308. The molecule has 13 heteroatoms. The number of aromatic nitrogens is 2. The normalized spacial score (nSPS) is 15.7. The van der Waals surface area contributed by atoms with Gasteiger partial charge >= 0.3 is 12.2 Å². The number of fused-ring (bicyclic) bond motifs is 2. The van der Waals surface area contributed by atoms with E-state index in [4.69, 9.17) is 30.5 Å². The van der Waals surface area contributed by atoms with E-state index in [1.807, 2.05) is 0 Å². The van der Waals surface area contributed by atoms with Crippen molar-refractivity contribution in [1.82, 2.24) is 15.1 Å². The van der Waals surface area contributed by atoms with Gasteiger partial charge in [0.2, 0.25) is 5.88 Å². The molecule has 1 spiro atoms. The third-order valence-corrected chi connectivity index (χ3v) is 6.22. The molecule has 0 unspecified atom stereocenters. The molecule has 1 saturated heterocycles. The van der Waals surface area contributed by atoms with E-state index in [-0.39, 0.29) is 53.5 Å². The summed E-state index contributed by atoms with van der Waals surface area (Å²) in [5, 5.41) is 9.89. The van der Waals surface area contributed by atoms with E-state index < -0.39 is 35.0 Å². The highest BCUT2D eigenvalue weighted by atomic mass is 35.5. The Bertz CT molecular complexity index is 1440. The Labute approximate surface area is 226 Å². The molecule has 39 heavy (non-hydrogen) atoms. The standard InChI is InChI=1S/C26H23ClF2N4O6/c1-25(2,3)39-23(34)30-17-6-4-5-14(22(17)29)11-33-24(35)38-18-10-19(37-21-8-7-20(27)31-32-21)16(28)9-15(18)26(33)12-36-13-26/h4-10H,11-13H2,1-3H3,(H,30,34). The van der Waals surface area contributed by atoms with Gasteiger partial charge in [-0.05, 0) is 39.0 Å². The van der Waals surface area contributed by atoms with E-state index in [9.17, 15) is 9.59 Å². The molecule has 2 aromatic carbocycles. The molecular formula is C26H23ClF2N4O6. The number of hydrogen-bond acceptors (Lipinski definition) is 8. The number of carbonyl (C=O) groups excluding carboxylic acids is 2. The molecule has 1 fully saturated rings. The number of hydrogen-bond donors (Lipinski definition) is 1. The van der Waals surface area contributed by atoms with E-state index in [1.165, 1.54) is 47.4 Å². The SMILES string of the molecule is CC(C)(C)OC(=O)Nc1cccc(CN2C(=O)Oc3cc(Oc4ccc(Cl)nn4)c(F)cc3C23COC3)c1F. The lowest BCUT2D eigenvalue weighted by Crippen LogP contribution is -2.63. The minimum Gasteiger partial charge on any atom is -0.444 e. The number of benzene rings is 2. The average molecular weight is 561 g/mol. The molecule has 0 saturated carbocycles. The maximum Gasteiger partial charge on any atom is 0.416 e. The second-order valence-corrected chi connectivity index (χ2v) is 10.3. The summed E-state index contributed by atoms with van der Waals surface area (Å²) in [7, 11) is 0. The summed E-state index contributed by atoms with van der Waals surface area (Å²) in [6.07, 6.45) is -1.62. The third-order valence-electron chi connectivity index (χ3n) is 6.02. The lowest BCUT2D eigenvalue weighted by atomic mass is 9.84. The number of ether oxygens (including phenoxy) is 4. The maximum absolute atomic E-state index is 15.4.